The fourth-order valence-corrected chi connectivity index (χ4v) is 2.06. The van der Waals surface area contributed by atoms with Gasteiger partial charge in [0.25, 0.3) is 5.91 Å². The average molecular weight is 279 g/mol. The van der Waals surface area contributed by atoms with E-state index in [9.17, 15) is 9.18 Å². The molecule has 7 heteroatoms. The van der Waals surface area contributed by atoms with Crippen molar-refractivity contribution in [3.63, 3.8) is 0 Å². The summed E-state index contributed by atoms with van der Waals surface area (Å²) in [5.41, 5.74) is 6.07. The molecule has 1 aromatic carbocycles. The molecule has 98 valence electrons. The molecule has 0 spiro atoms. The van der Waals surface area contributed by atoms with E-state index >= 15 is 0 Å². The molecule has 2 aromatic rings. The number of hydrogen-bond acceptors (Lipinski definition) is 4. The van der Waals surface area contributed by atoms with Gasteiger partial charge in [-0.05, 0) is 29.6 Å². The summed E-state index contributed by atoms with van der Waals surface area (Å²) in [4.78, 5) is 11.7. The minimum atomic E-state index is -0.660. The highest BCUT2D eigenvalue weighted by atomic mass is 32.1. The van der Waals surface area contributed by atoms with Crippen LogP contribution >= 0.6 is 11.3 Å². The minimum absolute atomic E-state index is 0.0330. The van der Waals surface area contributed by atoms with Gasteiger partial charge in [0, 0.05) is 10.9 Å². The molecule has 0 bridgehead atoms. The van der Waals surface area contributed by atoms with Crippen LogP contribution in [0.1, 0.15) is 15.9 Å². The summed E-state index contributed by atoms with van der Waals surface area (Å²) in [6.07, 6.45) is 0. The number of carbonyl (C=O) groups is 1. The molecule has 0 aliphatic carbocycles. The zero-order valence-electron chi connectivity index (χ0n) is 9.63. The van der Waals surface area contributed by atoms with Crippen LogP contribution in [0.2, 0.25) is 0 Å². The van der Waals surface area contributed by atoms with Crippen molar-refractivity contribution in [3.8, 4) is 0 Å². The van der Waals surface area contributed by atoms with Gasteiger partial charge < -0.3 is 16.3 Å². The Hall–Kier alpha value is -2.41. The van der Waals surface area contributed by atoms with E-state index in [0.717, 1.165) is 6.07 Å². The molecule has 1 aromatic heterocycles. The molecule has 2 rings (SSSR count). The molecule has 0 unspecified atom stereocenters. The van der Waals surface area contributed by atoms with Crippen molar-refractivity contribution in [1.82, 2.24) is 0 Å². The van der Waals surface area contributed by atoms with Crippen LogP contribution in [-0.2, 0) is 0 Å². The number of nitrogens with zero attached hydrogens (tertiary/aromatic N) is 1. The Bertz CT molecular complexity index is 626. The van der Waals surface area contributed by atoms with Gasteiger partial charge in [-0.25, -0.2) is 4.39 Å². The predicted molar refractivity (Wildman–Crippen MR) is 71.2 cm³/mol. The number of hydrogen-bond donors (Lipinski definition) is 3. The number of anilines is 1. The lowest BCUT2D eigenvalue weighted by atomic mass is 10.1. The molecule has 1 amide bonds. The second-order valence-corrected chi connectivity index (χ2v) is 4.43. The van der Waals surface area contributed by atoms with Crippen molar-refractivity contribution in [2.75, 3.05) is 5.32 Å². The predicted octanol–water partition coefficient (Wildman–Crippen LogP) is 2.23. The zero-order valence-corrected chi connectivity index (χ0v) is 10.4. The first-order valence-electron chi connectivity index (χ1n) is 5.23. The summed E-state index contributed by atoms with van der Waals surface area (Å²) in [7, 11) is 0. The Morgan fingerprint density at radius 2 is 2.16 bits per heavy atom. The second-order valence-electron chi connectivity index (χ2n) is 3.65. The number of halogens is 1. The molecule has 0 saturated carbocycles. The summed E-state index contributed by atoms with van der Waals surface area (Å²) in [6, 6.07) is 5.52. The Morgan fingerprint density at radius 1 is 1.37 bits per heavy atom. The first kappa shape index (κ1) is 13.0. The Kier molecular flexibility index (Phi) is 3.76. The highest BCUT2D eigenvalue weighted by Gasteiger charge is 2.11. The molecule has 0 saturated heterocycles. The van der Waals surface area contributed by atoms with E-state index in [1.165, 1.54) is 23.5 Å². The normalized spacial score (nSPS) is 11.3. The third-order valence-corrected chi connectivity index (χ3v) is 3.09. The van der Waals surface area contributed by atoms with Crippen molar-refractivity contribution in [2.45, 2.75) is 0 Å². The summed E-state index contributed by atoms with van der Waals surface area (Å²) in [6.45, 7) is 0. The number of nitrogens with two attached hydrogens (primary N) is 1. The van der Waals surface area contributed by atoms with Gasteiger partial charge in [0.15, 0.2) is 5.84 Å². The highest BCUT2D eigenvalue weighted by Crippen LogP contribution is 2.17. The maximum absolute atomic E-state index is 13.7. The van der Waals surface area contributed by atoms with Gasteiger partial charge in [0.1, 0.15) is 5.82 Å². The Balaban J connectivity index is 2.20. The molecule has 0 radical (unpaired) electrons. The van der Waals surface area contributed by atoms with E-state index in [4.69, 9.17) is 10.9 Å². The third kappa shape index (κ3) is 2.89. The number of carbonyl (C=O) groups excluding carboxylic acids is 1. The van der Waals surface area contributed by atoms with Crippen LogP contribution in [0.5, 0.6) is 0 Å². The van der Waals surface area contributed by atoms with E-state index in [-0.39, 0.29) is 17.1 Å². The minimum Gasteiger partial charge on any atom is -0.409 e. The monoisotopic (exact) mass is 279 g/mol. The van der Waals surface area contributed by atoms with Gasteiger partial charge in [0.2, 0.25) is 0 Å². The molecular weight excluding hydrogens is 269 g/mol. The topological polar surface area (TPSA) is 87.7 Å². The van der Waals surface area contributed by atoms with Gasteiger partial charge in [-0.2, -0.15) is 11.3 Å². The molecule has 0 aliphatic rings. The van der Waals surface area contributed by atoms with Crippen LogP contribution in [-0.4, -0.2) is 17.0 Å². The SMILES string of the molecule is N/C(=N/O)c1ccc(NC(=O)c2ccsc2)c(F)c1. The molecule has 5 nitrogen and oxygen atoms in total. The fraction of sp³-hybridized carbons (Fsp3) is 0. The van der Waals surface area contributed by atoms with E-state index in [2.05, 4.69) is 10.5 Å². The summed E-state index contributed by atoms with van der Waals surface area (Å²) in [5.74, 6) is -1.25. The number of rotatable bonds is 3. The number of thiophene rings is 1. The van der Waals surface area contributed by atoms with Crippen LogP contribution in [0.25, 0.3) is 0 Å². The molecule has 0 aliphatic heterocycles. The van der Waals surface area contributed by atoms with Gasteiger partial charge >= 0.3 is 0 Å². The van der Waals surface area contributed by atoms with Crippen molar-refractivity contribution < 1.29 is 14.4 Å². The second kappa shape index (κ2) is 5.49. The van der Waals surface area contributed by atoms with Gasteiger partial charge in [0.05, 0.1) is 11.3 Å². The zero-order chi connectivity index (χ0) is 13.8. The summed E-state index contributed by atoms with van der Waals surface area (Å²) < 4.78 is 13.7. The standard InChI is InChI=1S/C12H10FN3O2S/c13-9-5-7(11(14)16-18)1-2-10(9)15-12(17)8-3-4-19-6-8/h1-6,18H,(H2,14,16)(H,15,17). The molecule has 0 atom stereocenters. The van der Waals surface area contributed by atoms with Crippen molar-refractivity contribution in [3.05, 3.63) is 52.0 Å². The summed E-state index contributed by atoms with van der Waals surface area (Å²) in [5, 5.41) is 17.1. The lowest BCUT2D eigenvalue weighted by molar-refractivity contribution is 0.102. The first-order chi connectivity index (χ1) is 9.11. The lowest BCUT2D eigenvalue weighted by Gasteiger charge is -2.06. The smallest absolute Gasteiger partial charge is 0.256 e. The third-order valence-electron chi connectivity index (χ3n) is 2.40. The average Bonchev–Trinajstić information content (AvgIpc) is 2.94. The van der Waals surface area contributed by atoms with Crippen LogP contribution in [0.3, 0.4) is 0 Å². The number of benzene rings is 1. The van der Waals surface area contributed by atoms with E-state index in [1.807, 2.05) is 0 Å². The maximum Gasteiger partial charge on any atom is 0.256 e. The van der Waals surface area contributed by atoms with Crippen molar-refractivity contribution in [1.29, 1.82) is 0 Å². The van der Waals surface area contributed by atoms with Crippen LogP contribution in [0, 0.1) is 5.82 Å². The van der Waals surface area contributed by atoms with Crippen molar-refractivity contribution in [2.24, 2.45) is 10.9 Å². The van der Waals surface area contributed by atoms with Crippen molar-refractivity contribution >= 4 is 28.8 Å². The maximum atomic E-state index is 13.7. The molecule has 4 N–H and O–H groups in total. The molecule has 1 heterocycles. The fourth-order valence-electron chi connectivity index (χ4n) is 1.42. The Morgan fingerprint density at radius 3 is 2.74 bits per heavy atom. The van der Waals surface area contributed by atoms with Crippen LogP contribution < -0.4 is 11.1 Å². The number of amidine groups is 1. The number of nitrogens with one attached hydrogen (secondary N) is 1. The highest BCUT2D eigenvalue weighted by molar-refractivity contribution is 7.08. The van der Waals surface area contributed by atoms with E-state index in [1.54, 1.807) is 16.8 Å². The molecule has 19 heavy (non-hydrogen) atoms. The van der Waals surface area contributed by atoms with Gasteiger partial charge in [-0.1, -0.05) is 5.16 Å². The largest absolute Gasteiger partial charge is 0.409 e. The first-order valence-corrected chi connectivity index (χ1v) is 6.17. The molecular formula is C12H10FN3O2S. The molecule has 0 fully saturated rings. The van der Waals surface area contributed by atoms with E-state index in [0.29, 0.717) is 5.56 Å². The summed E-state index contributed by atoms with van der Waals surface area (Å²) >= 11 is 1.38. The lowest BCUT2D eigenvalue weighted by Crippen LogP contribution is -2.15. The number of amides is 1. The van der Waals surface area contributed by atoms with Gasteiger partial charge in [-0.15, -0.1) is 0 Å². The van der Waals surface area contributed by atoms with Crippen LogP contribution in [0.4, 0.5) is 10.1 Å². The number of oxime groups is 1. The van der Waals surface area contributed by atoms with E-state index < -0.39 is 11.7 Å². The Labute approximate surface area is 112 Å². The quantitative estimate of drug-likeness (QED) is 0.348. The van der Waals surface area contributed by atoms with Crippen LogP contribution in [0.15, 0.2) is 40.2 Å². The van der Waals surface area contributed by atoms with Gasteiger partial charge in [-0.3, -0.25) is 4.79 Å².